The maximum atomic E-state index is 13.3. The third kappa shape index (κ3) is 2.54. The van der Waals surface area contributed by atoms with Crippen molar-refractivity contribution in [2.24, 2.45) is 0 Å². The average Bonchev–Trinajstić information content (AvgIpc) is 2.57. The predicted molar refractivity (Wildman–Crippen MR) is 89.8 cm³/mol. The first-order valence-corrected chi connectivity index (χ1v) is 7.72. The van der Waals surface area contributed by atoms with E-state index in [1.165, 1.54) is 12.1 Å². The SMILES string of the molecule is CC(C)c1nc2c(c(-c3ccc(F)cc3)c1C=O)C(=O)NCN2C. The van der Waals surface area contributed by atoms with Gasteiger partial charge >= 0.3 is 0 Å². The molecule has 2 aromatic rings. The van der Waals surface area contributed by atoms with E-state index in [2.05, 4.69) is 10.3 Å². The van der Waals surface area contributed by atoms with Crippen LogP contribution in [0.3, 0.4) is 0 Å². The van der Waals surface area contributed by atoms with Gasteiger partial charge in [0, 0.05) is 18.2 Å². The van der Waals surface area contributed by atoms with Gasteiger partial charge in [-0.25, -0.2) is 9.37 Å². The first kappa shape index (κ1) is 16.1. The topological polar surface area (TPSA) is 62.3 Å². The van der Waals surface area contributed by atoms with Crippen LogP contribution in [0.1, 0.15) is 46.2 Å². The fourth-order valence-electron chi connectivity index (χ4n) is 2.93. The van der Waals surface area contributed by atoms with Crippen molar-refractivity contribution in [3.63, 3.8) is 0 Å². The van der Waals surface area contributed by atoms with Crippen LogP contribution in [0.25, 0.3) is 11.1 Å². The zero-order valence-corrected chi connectivity index (χ0v) is 13.8. The highest BCUT2D eigenvalue weighted by molar-refractivity contribution is 6.10. The summed E-state index contributed by atoms with van der Waals surface area (Å²) in [5.74, 6) is -0.117. The Kier molecular flexibility index (Phi) is 4.05. The lowest BCUT2D eigenvalue weighted by Gasteiger charge is -2.30. The van der Waals surface area contributed by atoms with Crippen LogP contribution in [0.2, 0.25) is 0 Å². The zero-order valence-electron chi connectivity index (χ0n) is 13.8. The van der Waals surface area contributed by atoms with E-state index >= 15 is 0 Å². The second-order valence-corrected chi connectivity index (χ2v) is 6.13. The molecule has 0 aliphatic carbocycles. The third-order valence-electron chi connectivity index (χ3n) is 4.11. The number of carbonyl (C=O) groups is 2. The van der Waals surface area contributed by atoms with Crippen molar-refractivity contribution in [3.05, 3.63) is 46.9 Å². The zero-order chi connectivity index (χ0) is 17.4. The summed E-state index contributed by atoms with van der Waals surface area (Å²) in [5.41, 5.74) is 2.47. The van der Waals surface area contributed by atoms with Crippen molar-refractivity contribution in [2.45, 2.75) is 19.8 Å². The Bertz CT molecular complexity index is 816. The average molecular weight is 327 g/mol. The number of hydrogen-bond donors (Lipinski definition) is 1. The molecule has 0 fully saturated rings. The molecule has 2 heterocycles. The largest absolute Gasteiger partial charge is 0.341 e. The first-order chi connectivity index (χ1) is 11.4. The highest BCUT2D eigenvalue weighted by Gasteiger charge is 2.30. The molecule has 1 aromatic heterocycles. The second kappa shape index (κ2) is 6.03. The number of rotatable bonds is 3. The third-order valence-corrected chi connectivity index (χ3v) is 4.11. The van der Waals surface area contributed by atoms with Crippen LogP contribution in [0.4, 0.5) is 10.2 Å². The summed E-state index contributed by atoms with van der Waals surface area (Å²) >= 11 is 0. The number of nitrogens with one attached hydrogen (secondary N) is 1. The lowest BCUT2D eigenvalue weighted by Crippen LogP contribution is -2.42. The highest BCUT2D eigenvalue weighted by Crippen LogP contribution is 2.37. The summed E-state index contributed by atoms with van der Waals surface area (Å²) in [6.07, 6.45) is 0.725. The van der Waals surface area contributed by atoms with Crippen molar-refractivity contribution < 1.29 is 14.0 Å². The lowest BCUT2D eigenvalue weighted by atomic mass is 9.90. The Balaban J connectivity index is 2.41. The minimum Gasteiger partial charge on any atom is -0.341 e. The second-order valence-electron chi connectivity index (χ2n) is 6.13. The summed E-state index contributed by atoms with van der Waals surface area (Å²) in [6, 6.07) is 5.78. The molecular weight excluding hydrogens is 309 g/mol. The fourth-order valence-corrected chi connectivity index (χ4v) is 2.93. The summed E-state index contributed by atoms with van der Waals surface area (Å²) in [5, 5.41) is 2.77. The van der Waals surface area contributed by atoms with Crippen LogP contribution in [-0.2, 0) is 0 Å². The van der Waals surface area contributed by atoms with Crippen molar-refractivity contribution in [1.29, 1.82) is 0 Å². The van der Waals surface area contributed by atoms with Gasteiger partial charge in [0.15, 0.2) is 6.29 Å². The summed E-state index contributed by atoms with van der Waals surface area (Å²) < 4.78 is 13.3. The van der Waals surface area contributed by atoms with Crippen molar-refractivity contribution in [2.75, 3.05) is 18.6 Å². The van der Waals surface area contributed by atoms with Crippen LogP contribution < -0.4 is 10.2 Å². The molecule has 5 nitrogen and oxygen atoms in total. The monoisotopic (exact) mass is 327 g/mol. The van der Waals surface area contributed by atoms with E-state index in [9.17, 15) is 14.0 Å². The van der Waals surface area contributed by atoms with Gasteiger partial charge in [-0.15, -0.1) is 0 Å². The molecule has 0 saturated carbocycles. The lowest BCUT2D eigenvalue weighted by molar-refractivity contribution is 0.0948. The molecule has 1 amide bonds. The molecule has 1 aromatic carbocycles. The molecule has 1 N–H and O–H groups in total. The quantitative estimate of drug-likeness (QED) is 0.881. The predicted octanol–water partition coefficient (Wildman–Crippen LogP) is 2.96. The molecule has 6 heteroatoms. The van der Waals surface area contributed by atoms with Crippen LogP contribution in [0, 0.1) is 5.82 Å². The Morgan fingerprint density at radius 1 is 1.25 bits per heavy atom. The Morgan fingerprint density at radius 3 is 2.50 bits per heavy atom. The van der Waals surface area contributed by atoms with Gasteiger partial charge in [-0.3, -0.25) is 9.59 Å². The number of fused-ring (bicyclic) bond motifs is 1. The van der Waals surface area contributed by atoms with E-state index < -0.39 is 0 Å². The molecule has 0 spiro atoms. The van der Waals surface area contributed by atoms with Crippen LogP contribution in [0.5, 0.6) is 0 Å². The molecule has 0 bridgehead atoms. The molecule has 0 saturated heterocycles. The minimum atomic E-state index is -0.375. The smallest absolute Gasteiger partial charge is 0.257 e. The number of benzene rings is 1. The van der Waals surface area contributed by atoms with Crippen LogP contribution in [-0.4, -0.2) is 30.9 Å². The van der Waals surface area contributed by atoms with Gasteiger partial charge in [0.2, 0.25) is 0 Å². The van der Waals surface area contributed by atoms with Crippen molar-refractivity contribution >= 4 is 18.0 Å². The molecule has 24 heavy (non-hydrogen) atoms. The molecular formula is C18H18FN3O2. The van der Waals surface area contributed by atoms with Gasteiger partial charge < -0.3 is 10.2 Å². The Morgan fingerprint density at radius 2 is 1.92 bits per heavy atom. The van der Waals surface area contributed by atoms with E-state index in [-0.39, 0.29) is 17.6 Å². The molecule has 0 atom stereocenters. The number of amides is 1. The van der Waals surface area contributed by atoms with E-state index in [1.54, 1.807) is 12.1 Å². The number of halogens is 1. The Labute approximate surface area is 139 Å². The van der Waals surface area contributed by atoms with Gasteiger partial charge in [-0.05, 0) is 23.6 Å². The van der Waals surface area contributed by atoms with Gasteiger partial charge in [-0.1, -0.05) is 26.0 Å². The molecule has 0 radical (unpaired) electrons. The number of nitrogens with zero attached hydrogens (tertiary/aromatic N) is 2. The molecule has 1 aliphatic rings. The van der Waals surface area contributed by atoms with E-state index in [1.807, 2.05) is 25.8 Å². The van der Waals surface area contributed by atoms with Gasteiger partial charge in [0.1, 0.15) is 11.6 Å². The van der Waals surface area contributed by atoms with Crippen LogP contribution in [0.15, 0.2) is 24.3 Å². The van der Waals surface area contributed by atoms with Crippen molar-refractivity contribution in [3.8, 4) is 11.1 Å². The maximum absolute atomic E-state index is 13.3. The number of aldehydes is 1. The normalized spacial score (nSPS) is 13.7. The van der Waals surface area contributed by atoms with E-state index in [0.717, 1.165) is 6.29 Å². The van der Waals surface area contributed by atoms with Crippen molar-refractivity contribution in [1.82, 2.24) is 10.3 Å². The highest BCUT2D eigenvalue weighted by atomic mass is 19.1. The molecule has 1 aliphatic heterocycles. The minimum absolute atomic E-state index is 0.00749. The number of carbonyl (C=O) groups excluding carboxylic acids is 2. The number of anilines is 1. The van der Waals surface area contributed by atoms with Gasteiger partial charge in [0.05, 0.1) is 17.9 Å². The number of hydrogen-bond acceptors (Lipinski definition) is 4. The Hall–Kier alpha value is -2.76. The van der Waals surface area contributed by atoms with Gasteiger partial charge in [-0.2, -0.15) is 0 Å². The summed E-state index contributed by atoms with van der Waals surface area (Å²) in [7, 11) is 1.82. The molecule has 3 rings (SSSR count). The van der Waals surface area contributed by atoms with Crippen LogP contribution >= 0.6 is 0 Å². The standard InChI is InChI=1S/C18H18FN3O2/c1-10(2)16-13(8-23)14(11-4-6-12(19)7-5-11)15-17(21-16)22(3)9-20-18(15)24/h4-8,10H,9H2,1-3H3,(H,20,24). The number of pyridine rings is 1. The molecule has 124 valence electrons. The van der Waals surface area contributed by atoms with E-state index in [4.69, 9.17) is 0 Å². The van der Waals surface area contributed by atoms with E-state index in [0.29, 0.717) is 40.4 Å². The maximum Gasteiger partial charge on any atom is 0.257 e. The summed E-state index contributed by atoms with van der Waals surface area (Å²) in [6.45, 7) is 4.23. The molecule has 0 unspecified atom stereocenters. The number of aromatic nitrogens is 1. The summed E-state index contributed by atoms with van der Waals surface area (Å²) in [4.78, 5) is 30.7. The fraction of sp³-hybridized carbons (Fsp3) is 0.278. The van der Waals surface area contributed by atoms with Gasteiger partial charge in [0.25, 0.3) is 5.91 Å². The first-order valence-electron chi connectivity index (χ1n) is 7.72.